The Morgan fingerprint density at radius 2 is 1.86 bits per heavy atom. The van der Waals surface area contributed by atoms with Gasteiger partial charge in [0.2, 0.25) is 5.91 Å². The maximum Gasteiger partial charge on any atom is 0.230 e. The maximum absolute atomic E-state index is 12.4. The molecule has 6 nitrogen and oxygen atoms in total. The van der Waals surface area contributed by atoms with Crippen molar-refractivity contribution in [1.29, 1.82) is 0 Å². The number of nitrogens with one attached hydrogen (secondary N) is 1. The number of thioether (sulfide) groups is 1. The summed E-state index contributed by atoms with van der Waals surface area (Å²) in [5.41, 5.74) is 3.22. The summed E-state index contributed by atoms with van der Waals surface area (Å²) in [7, 11) is 1.64. The number of carbonyl (C=O) groups is 1. The standard InChI is InChI=1S/C21H24N4O2S/c1-14-7-5-6-8-19(14)15(2)22-20(26)13-28-21-24-23-16(3)25(21)17-9-11-18(27-4)12-10-17/h5-12,15H,13H2,1-4H3,(H,22,26). The number of ether oxygens (including phenoxy) is 1. The molecule has 2 aromatic carbocycles. The van der Waals surface area contributed by atoms with E-state index >= 15 is 0 Å². The molecule has 0 aliphatic heterocycles. The second kappa shape index (κ2) is 8.93. The predicted molar refractivity (Wildman–Crippen MR) is 111 cm³/mol. The fourth-order valence-electron chi connectivity index (χ4n) is 3.03. The lowest BCUT2D eigenvalue weighted by Gasteiger charge is -2.16. The Bertz CT molecular complexity index is 953. The summed E-state index contributed by atoms with van der Waals surface area (Å²) in [6.07, 6.45) is 0. The first-order valence-corrected chi connectivity index (χ1v) is 10.0. The Morgan fingerprint density at radius 1 is 1.14 bits per heavy atom. The van der Waals surface area contributed by atoms with Crippen molar-refractivity contribution in [1.82, 2.24) is 20.1 Å². The molecule has 0 saturated heterocycles. The molecule has 146 valence electrons. The molecule has 0 fully saturated rings. The van der Waals surface area contributed by atoms with Gasteiger partial charge in [-0.15, -0.1) is 10.2 Å². The zero-order valence-corrected chi connectivity index (χ0v) is 17.3. The summed E-state index contributed by atoms with van der Waals surface area (Å²) in [5, 5.41) is 12.1. The van der Waals surface area contributed by atoms with Gasteiger partial charge in [-0.3, -0.25) is 9.36 Å². The molecular weight excluding hydrogens is 372 g/mol. The molecule has 28 heavy (non-hydrogen) atoms. The topological polar surface area (TPSA) is 69.0 Å². The highest BCUT2D eigenvalue weighted by Crippen LogP contribution is 2.24. The monoisotopic (exact) mass is 396 g/mol. The molecule has 0 aliphatic rings. The first kappa shape index (κ1) is 19.9. The fraction of sp³-hybridized carbons (Fsp3) is 0.286. The molecule has 1 atom stereocenters. The third-order valence-electron chi connectivity index (χ3n) is 4.49. The van der Waals surface area contributed by atoms with E-state index in [0.717, 1.165) is 28.4 Å². The number of benzene rings is 2. The number of rotatable bonds is 7. The maximum atomic E-state index is 12.4. The van der Waals surface area contributed by atoms with Crippen LogP contribution in [0.4, 0.5) is 0 Å². The molecule has 1 aromatic heterocycles. The number of hydrogen-bond donors (Lipinski definition) is 1. The molecule has 1 N–H and O–H groups in total. The Hall–Kier alpha value is -2.80. The first-order chi connectivity index (χ1) is 13.5. The van der Waals surface area contributed by atoms with Crippen molar-refractivity contribution in [3.05, 3.63) is 65.5 Å². The lowest BCUT2D eigenvalue weighted by molar-refractivity contribution is -0.119. The molecule has 0 aliphatic carbocycles. The number of aryl methyl sites for hydroxylation is 2. The van der Waals surface area contributed by atoms with E-state index < -0.39 is 0 Å². The minimum absolute atomic E-state index is 0.0392. The lowest BCUT2D eigenvalue weighted by Crippen LogP contribution is -2.28. The largest absolute Gasteiger partial charge is 0.497 e. The van der Waals surface area contributed by atoms with E-state index in [2.05, 4.69) is 15.5 Å². The van der Waals surface area contributed by atoms with Crippen LogP contribution in [0.1, 0.15) is 29.9 Å². The van der Waals surface area contributed by atoms with Crippen molar-refractivity contribution in [2.45, 2.75) is 32.0 Å². The van der Waals surface area contributed by atoms with Crippen molar-refractivity contribution in [2.24, 2.45) is 0 Å². The average molecular weight is 397 g/mol. The smallest absolute Gasteiger partial charge is 0.230 e. The van der Waals surface area contributed by atoms with Crippen LogP contribution in [0, 0.1) is 13.8 Å². The van der Waals surface area contributed by atoms with Crippen molar-refractivity contribution in [3.8, 4) is 11.4 Å². The van der Waals surface area contributed by atoms with Crippen LogP contribution < -0.4 is 10.1 Å². The van der Waals surface area contributed by atoms with Gasteiger partial charge in [0.15, 0.2) is 5.16 Å². The molecule has 3 aromatic rings. The summed E-state index contributed by atoms with van der Waals surface area (Å²) in [6, 6.07) is 15.7. The summed E-state index contributed by atoms with van der Waals surface area (Å²) in [5.74, 6) is 1.78. The highest BCUT2D eigenvalue weighted by Gasteiger charge is 2.15. The van der Waals surface area contributed by atoms with E-state index in [-0.39, 0.29) is 17.7 Å². The van der Waals surface area contributed by atoms with Gasteiger partial charge in [-0.25, -0.2) is 0 Å². The van der Waals surface area contributed by atoms with Gasteiger partial charge in [0.1, 0.15) is 11.6 Å². The van der Waals surface area contributed by atoms with Crippen molar-refractivity contribution in [3.63, 3.8) is 0 Å². The average Bonchev–Trinajstić information content (AvgIpc) is 3.07. The van der Waals surface area contributed by atoms with Gasteiger partial charge in [-0.2, -0.15) is 0 Å². The second-order valence-corrected chi connectivity index (χ2v) is 7.44. The molecule has 7 heteroatoms. The number of methoxy groups -OCH3 is 1. The van der Waals surface area contributed by atoms with Crippen LogP contribution in [0.3, 0.4) is 0 Å². The predicted octanol–water partition coefficient (Wildman–Crippen LogP) is 3.86. The highest BCUT2D eigenvalue weighted by atomic mass is 32.2. The van der Waals surface area contributed by atoms with Crippen LogP contribution in [0.2, 0.25) is 0 Å². The normalized spacial score (nSPS) is 11.9. The van der Waals surface area contributed by atoms with E-state index in [0.29, 0.717) is 5.16 Å². The third-order valence-corrected chi connectivity index (χ3v) is 5.42. The van der Waals surface area contributed by atoms with Crippen LogP contribution >= 0.6 is 11.8 Å². The van der Waals surface area contributed by atoms with Gasteiger partial charge in [-0.05, 0) is 56.2 Å². The van der Waals surface area contributed by atoms with Crippen LogP contribution in [-0.2, 0) is 4.79 Å². The van der Waals surface area contributed by atoms with Crippen LogP contribution in [-0.4, -0.2) is 33.5 Å². The quantitative estimate of drug-likeness (QED) is 0.614. The first-order valence-electron chi connectivity index (χ1n) is 9.03. The molecular formula is C21H24N4O2S. The molecule has 0 radical (unpaired) electrons. The van der Waals surface area contributed by atoms with Gasteiger partial charge >= 0.3 is 0 Å². The second-order valence-electron chi connectivity index (χ2n) is 6.50. The van der Waals surface area contributed by atoms with Crippen molar-refractivity contribution in [2.75, 3.05) is 12.9 Å². The third kappa shape index (κ3) is 4.54. The number of carbonyl (C=O) groups excluding carboxylic acids is 1. The number of hydrogen-bond acceptors (Lipinski definition) is 5. The van der Waals surface area contributed by atoms with Gasteiger partial charge in [0.05, 0.1) is 18.9 Å². The minimum atomic E-state index is -0.0458. The summed E-state index contributed by atoms with van der Waals surface area (Å²) >= 11 is 1.37. The van der Waals surface area contributed by atoms with Gasteiger partial charge in [-0.1, -0.05) is 36.0 Å². The van der Waals surface area contributed by atoms with E-state index in [1.807, 2.05) is 73.9 Å². The number of amides is 1. The number of nitrogens with zero attached hydrogens (tertiary/aromatic N) is 3. The number of aromatic nitrogens is 3. The molecule has 1 heterocycles. The zero-order valence-electron chi connectivity index (χ0n) is 16.5. The lowest BCUT2D eigenvalue weighted by atomic mass is 10.0. The Kier molecular flexibility index (Phi) is 6.36. The van der Waals surface area contributed by atoms with Crippen LogP contribution in [0.5, 0.6) is 5.75 Å². The van der Waals surface area contributed by atoms with Crippen LogP contribution in [0.15, 0.2) is 53.7 Å². The molecule has 1 amide bonds. The highest BCUT2D eigenvalue weighted by molar-refractivity contribution is 7.99. The van der Waals surface area contributed by atoms with Gasteiger partial charge in [0, 0.05) is 5.69 Å². The van der Waals surface area contributed by atoms with Gasteiger partial charge in [0.25, 0.3) is 0 Å². The Morgan fingerprint density at radius 3 is 2.54 bits per heavy atom. The molecule has 0 bridgehead atoms. The van der Waals surface area contributed by atoms with E-state index in [1.165, 1.54) is 11.8 Å². The minimum Gasteiger partial charge on any atom is -0.497 e. The van der Waals surface area contributed by atoms with E-state index in [4.69, 9.17) is 4.74 Å². The van der Waals surface area contributed by atoms with Crippen molar-refractivity contribution < 1.29 is 9.53 Å². The Labute approximate surface area is 169 Å². The molecule has 1 unspecified atom stereocenters. The molecule has 0 saturated carbocycles. The zero-order chi connectivity index (χ0) is 20.1. The summed E-state index contributed by atoms with van der Waals surface area (Å²) in [4.78, 5) is 12.4. The van der Waals surface area contributed by atoms with Gasteiger partial charge < -0.3 is 10.1 Å². The summed E-state index contributed by atoms with van der Waals surface area (Å²) in [6.45, 7) is 5.93. The van der Waals surface area contributed by atoms with E-state index in [9.17, 15) is 4.79 Å². The fourth-order valence-corrected chi connectivity index (χ4v) is 3.84. The molecule has 3 rings (SSSR count). The Balaban J connectivity index is 1.66. The summed E-state index contributed by atoms with van der Waals surface area (Å²) < 4.78 is 7.14. The SMILES string of the molecule is COc1ccc(-n2c(C)nnc2SCC(=O)NC(C)c2ccccc2C)cc1. The van der Waals surface area contributed by atoms with Crippen LogP contribution in [0.25, 0.3) is 5.69 Å². The van der Waals surface area contributed by atoms with Crippen molar-refractivity contribution >= 4 is 17.7 Å². The van der Waals surface area contributed by atoms with E-state index in [1.54, 1.807) is 7.11 Å². The molecule has 0 spiro atoms.